The van der Waals surface area contributed by atoms with E-state index >= 15 is 0 Å². The van der Waals surface area contributed by atoms with Crippen molar-refractivity contribution in [3.05, 3.63) is 59.7 Å². The Kier molecular flexibility index (Phi) is 5.02. The monoisotopic (exact) mass is 266 g/mol. The third-order valence-corrected chi connectivity index (χ3v) is 3.08. The van der Waals surface area contributed by atoms with Crippen LogP contribution >= 0.6 is 0 Å². The number of hydrogen-bond acceptors (Lipinski definition) is 3. The molecular weight excluding hydrogens is 248 g/mol. The predicted molar refractivity (Wildman–Crippen MR) is 80.7 cm³/mol. The summed E-state index contributed by atoms with van der Waals surface area (Å²) in [7, 11) is 0. The van der Waals surface area contributed by atoms with Gasteiger partial charge in [0.15, 0.2) is 6.61 Å². The van der Waals surface area contributed by atoms with E-state index in [0.717, 1.165) is 24.3 Å². The van der Waals surface area contributed by atoms with E-state index in [1.807, 2.05) is 36.4 Å². The third kappa shape index (κ3) is 3.76. The first-order valence-electron chi connectivity index (χ1n) is 6.74. The molecule has 0 aliphatic carbocycles. The molecule has 0 amide bonds. The molecule has 0 aromatic heterocycles. The zero-order valence-corrected chi connectivity index (χ0v) is 11.6. The number of anilines is 1. The van der Waals surface area contributed by atoms with E-state index in [2.05, 4.69) is 30.4 Å². The van der Waals surface area contributed by atoms with Crippen molar-refractivity contribution in [1.82, 2.24) is 0 Å². The second-order valence-electron chi connectivity index (χ2n) is 4.46. The molecule has 2 aromatic carbocycles. The molecule has 0 aliphatic heterocycles. The van der Waals surface area contributed by atoms with Crippen LogP contribution < -0.4 is 10.1 Å². The van der Waals surface area contributed by atoms with Crippen molar-refractivity contribution in [2.24, 2.45) is 0 Å². The van der Waals surface area contributed by atoms with Crippen LogP contribution in [0.2, 0.25) is 0 Å². The molecule has 0 unspecified atom stereocenters. The van der Waals surface area contributed by atoms with Crippen LogP contribution in [0.5, 0.6) is 5.75 Å². The van der Waals surface area contributed by atoms with E-state index in [1.165, 1.54) is 11.3 Å². The van der Waals surface area contributed by atoms with Gasteiger partial charge in [0.2, 0.25) is 0 Å². The standard InChI is InChI=1S/C17H18N2O/c1-2-15-7-3-4-9-17(15)19-13-14-6-5-8-16(12-14)20-11-10-18/h3-9,12,19H,2,11,13H2,1H3. The van der Waals surface area contributed by atoms with Crippen molar-refractivity contribution in [2.45, 2.75) is 19.9 Å². The van der Waals surface area contributed by atoms with E-state index in [0.29, 0.717) is 0 Å². The van der Waals surface area contributed by atoms with Crippen LogP contribution in [0.15, 0.2) is 48.5 Å². The minimum atomic E-state index is 0.0789. The Hall–Kier alpha value is -2.47. The lowest BCUT2D eigenvalue weighted by molar-refractivity contribution is 0.368. The van der Waals surface area contributed by atoms with Crippen LogP contribution in [0.1, 0.15) is 18.1 Å². The smallest absolute Gasteiger partial charge is 0.174 e. The van der Waals surface area contributed by atoms with Gasteiger partial charge < -0.3 is 10.1 Å². The number of nitrogens with zero attached hydrogens (tertiary/aromatic N) is 1. The summed E-state index contributed by atoms with van der Waals surface area (Å²) in [5.74, 6) is 0.731. The zero-order chi connectivity index (χ0) is 14.2. The van der Waals surface area contributed by atoms with Crippen LogP contribution in [-0.2, 0) is 13.0 Å². The van der Waals surface area contributed by atoms with Crippen LogP contribution in [0, 0.1) is 11.3 Å². The van der Waals surface area contributed by atoms with Gasteiger partial charge in [0.25, 0.3) is 0 Å². The summed E-state index contributed by atoms with van der Waals surface area (Å²) in [4.78, 5) is 0. The van der Waals surface area contributed by atoms with Crippen LogP contribution in [0.25, 0.3) is 0 Å². The highest BCUT2D eigenvalue weighted by Gasteiger charge is 2.00. The molecule has 0 atom stereocenters. The summed E-state index contributed by atoms with van der Waals surface area (Å²) >= 11 is 0. The highest BCUT2D eigenvalue weighted by atomic mass is 16.5. The molecule has 0 bridgehead atoms. The first-order chi connectivity index (χ1) is 9.83. The highest BCUT2D eigenvalue weighted by molar-refractivity contribution is 5.51. The maximum atomic E-state index is 8.52. The summed E-state index contributed by atoms with van der Waals surface area (Å²) in [6, 6.07) is 18.1. The normalized spacial score (nSPS) is 9.80. The molecule has 1 N–H and O–H groups in total. The van der Waals surface area contributed by atoms with E-state index in [4.69, 9.17) is 10.00 Å². The van der Waals surface area contributed by atoms with Gasteiger partial charge in [-0.3, -0.25) is 0 Å². The Labute approximate surface area is 119 Å². The molecule has 0 saturated carbocycles. The molecule has 2 aromatic rings. The molecule has 3 heteroatoms. The van der Waals surface area contributed by atoms with Crippen molar-refractivity contribution >= 4 is 5.69 Å². The number of hydrogen-bond donors (Lipinski definition) is 1. The average molecular weight is 266 g/mol. The van der Waals surface area contributed by atoms with Crippen LogP contribution in [0.3, 0.4) is 0 Å². The molecule has 0 heterocycles. The molecule has 0 radical (unpaired) electrons. The molecule has 0 saturated heterocycles. The van der Waals surface area contributed by atoms with Gasteiger partial charge in [-0.05, 0) is 35.7 Å². The summed E-state index contributed by atoms with van der Waals surface area (Å²) in [6.45, 7) is 2.97. The number of para-hydroxylation sites is 1. The van der Waals surface area contributed by atoms with Gasteiger partial charge in [-0.15, -0.1) is 0 Å². The fourth-order valence-corrected chi connectivity index (χ4v) is 2.06. The van der Waals surface area contributed by atoms with Crippen molar-refractivity contribution in [2.75, 3.05) is 11.9 Å². The molecule has 0 fully saturated rings. The van der Waals surface area contributed by atoms with Gasteiger partial charge in [-0.25, -0.2) is 0 Å². The minimum absolute atomic E-state index is 0.0789. The van der Waals surface area contributed by atoms with E-state index in [1.54, 1.807) is 0 Å². The molecule has 2 rings (SSSR count). The fraction of sp³-hybridized carbons (Fsp3) is 0.235. The SMILES string of the molecule is CCc1ccccc1NCc1cccc(OCC#N)c1. The molecule has 20 heavy (non-hydrogen) atoms. The number of nitrogens with one attached hydrogen (secondary N) is 1. The number of benzene rings is 2. The van der Waals surface area contributed by atoms with Gasteiger partial charge in [0.05, 0.1) is 0 Å². The van der Waals surface area contributed by atoms with Crippen LogP contribution in [0.4, 0.5) is 5.69 Å². The average Bonchev–Trinajstić information content (AvgIpc) is 2.51. The van der Waals surface area contributed by atoms with E-state index in [-0.39, 0.29) is 6.61 Å². The highest BCUT2D eigenvalue weighted by Crippen LogP contribution is 2.18. The Morgan fingerprint density at radius 2 is 2.00 bits per heavy atom. The molecule has 0 spiro atoms. The predicted octanol–water partition coefficient (Wildman–Crippen LogP) is 3.76. The Bertz CT molecular complexity index is 602. The van der Waals surface area contributed by atoms with Gasteiger partial charge in [-0.2, -0.15) is 5.26 Å². The zero-order valence-electron chi connectivity index (χ0n) is 11.6. The summed E-state index contributed by atoms with van der Waals surface area (Å²) in [5.41, 5.74) is 3.61. The molecule has 102 valence electrons. The quantitative estimate of drug-likeness (QED) is 0.865. The lowest BCUT2D eigenvalue weighted by Gasteiger charge is -2.11. The largest absolute Gasteiger partial charge is 0.479 e. The van der Waals surface area contributed by atoms with Crippen molar-refractivity contribution in [3.8, 4) is 11.8 Å². The van der Waals surface area contributed by atoms with E-state index in [9.17, 15) is 0 Å². The third-order valence-electron chi connectivity index (χ3n) is 3.08. The Morgan fingerprint density at radius 1 is 1.15 bits per heavy atom. The maximum absolute atomic E-state index is 8.52. The lowest BCUT2D eigenvalue weighted by atomic mass is 10.1. The first-order valence-corrected chi connectivity index (χ1v) is 6.74. The van der Waals surface area contributed by atoms with E-state index < -0.39 is 0 Å². The molecule has 3 nitrogen and oxygen atoms in total. The minimum Gasteiger partial charge on any atom is -0.479 e. The van der Waals surface area contributed by atoms with Crippen molar-refractivity contribution in [1.29, 1.82) is 5.26 Å². The number of nitriles is 1. The summed E-state index contributed by atoms with van der Waals surface area (Å²) in [5, 5.41) is 12.0. The lowest BCUT2D eigenvalue weighted by Crippen LogP contribution is -2.02. The summed E-state index contributed by atoms with van der Waals surface area (Å²) in [6.07, 6.45) is 1.01. The molecular formula is C17H18N2O. The first kappa shape index (κ1) is 14.0. The van der Waals surface area contributed by atoms with Gasteiger partial charge >= 0.3 is 0 Å². The Balaban J connectivity index is 2.02. The van der Waals surface area contributed by atoms with Crippen molar-refractivity contribution < 1.29 is 4.74 Å². The second-order valence-corrected chi connectivity index (χ2v) is 4.46. The van der Waals surface area contributed by atoms with Gasteiger partial charge in [0.1, 0.15) is 11.8 Å². The van der Waals surface area contributed by atoms with Gasteiger partial charge in [0, 0.05) is 12.2 Å². The maximum Gasteiger partial charge on any atom is 0.174 e. The molecule has 0 aliphatic rings. The number of ether oxygens (including phenoxy) is 1. The fourth-order valence-electron chi connectivity index (χ4n) is 2.06. The Morgan fingerprint density at radius 3 is 2.80 bits per heavy atom. The number of aryl methyl sites for hydroxylation is 1. The van der Waals surface area contributed by atoms with Gasteiger partial charge in [-0.1, -0.05) is 37.3 Å². The topological polar surface area (TPSA) is 45.0 Å². The second kappa shape index (κ2) is 7.20. The van der Waals surface area contributed by atoms with Crippen LogP contribution in [-0.4, -0.2) is 6.61 Å². The van der Waals surface area contributed by atoms with Crippen molar-refractivity contribution in [3.63, 3.8) is 0 Å². The summed E-state index contributed by atoms with van der Waals surface area (Å²) < 4.78 is 5.30. The number of rotatable bonds is 6.